The van der Waals surface area contributed by atoms with E-state index in [0.29, 0.717) is 5.82 Å². The van der Waals surface area contributed by atoms with Gasteiger partial charge in [0.2, 0.25) is 0 Å². The summed E-state index contributed by atoms with van der Waals surface area (Å²) in [7, 11) is 0. The number of nitrogens with zero attached hydrogens (tertiary/aromatic N) is 3. The van der Waals surface area contributed by atoms with Crippen LogP contribution in [0.4, 0.5) is 11.5 Å². The molecule has 5 heteroatoms. The Hall–Kier alpha value is -2.04. The van der Waals surface area contributed by atoms with Crippen molar-refractivity contribution < 1.29 is 0 Å². The van der Waals surface area contributed by atoms with Crippen molar-refractivity contribution in [2.75, 3.05) is 17.6 Å². The lowest BCUT2D eigenvalue weighted by Gasteiger charge is -2.06. The van der Waals surface area contributed by atoms with Crippen LogP contribution < -0.4 is 11.1 Å². The normalized spacial score (nSPS) is 10.2. The highest BCUT2D eigenvalue weighted by atomic mass is 15.3. The minimum atomic E-state index is 0.544. The van der Waals surface area contributed by atoms with E-state index >= 15 is 0 Å². The molecule has 0 atom stereocenters. The second kappa shape index (κ2) is 5.16. The molecule has 0 spiro atoms. The molecule has 0 unspecified atom stereocenters. The van der Waals surface area contributed by atoms with Crippen LogP contribution in [0.3, 0.4) is 0 Å². The second-order valence-electron chi connectivity index (χ2n) is 3.52. The molecule has 2 heterocycles. The summed E-state index contributed by atoms with van der Waals surface area (Å²) < 4.78 is 1.92. The molecule has 0 fully saturated rings. The molecule has 3 N–H and O–H groups in total. The third-order valence-corrected chi connectivity index (χ3v) is 2.24. The van der Waals surface area contributed by atoms with Gasteiger partial charge in [0.15, 0.2) is 0 Å². The monoisotopic (exact) mass is 217 g/mol. The van der Waals surface area contributed by atoms with E-state index < -0.39 is 0 Å². The molecule has 2 aromatic heterocycles. The molecule has 16 heavy (non-hydrogen) atoms. The number of nitrogen functional groups attached to an aromatic ring is 1. The predicted molar refractivity (Wildman–Crippen MR) is 64.0 cm³/mol. The first-order chi connectivity index (χ1) is 7.84. The summed E-state index contributed by atoms with van der Waals surface area (Å²) in [4.78, 5) is 4.01. The SMILES string of the molecule is Nc1ccc(NCCCn2cccn2)cn1. The average molecular weight is 217 g/mol. The van der Waals surface area contributed by atoms with E-state index in [2.05, 4.69) is 15.4 Å². The van der Waals surface area contributed by atoms with E-state index in [1.165, 1.54) is 0 Å². The lowest BCUT2D eigenvalue weighted by Crippen LogP contribution is -2.07. The summed E-state index contributed by atoms with van der Waals surface area (Å²) in [6, 6.07) is 5.64. The van der Waals surface area contributed by atoms with E-state index in [-0.39, 0.29) is 0 Å². The number of anilines is 2. The van der Waals surface area contributed by atoms with Gasteiger partial charge in [0.05, 0.1) is 11.9 Å². The first-order valence-corrected chi connectivity index (χ1v) is 5.27. The summed E-state index contributed by atoms with van der Waals surface area (Å²) in [6.45, 7) is 1.81. The third kappa shape index (κ3) is 2.98. The largest absolute Gasteiger partial charge is 0.384 e. The summed E-state index contributed by atoms with van der Waals surface area (Å²) in [5, 5.41) is 7.41. The van der Waals surface area contributed by atoms with E-state index in [9.17, 15) is 0 Å². The van der Waals surface area contributed by atoms with Gasteiger partial charge >= 0.3 is 0 Å². The first kappa shape index (κ1) is 10.5. The van der Waals surface area contributed by atoms with Gasteiger partial charge in [-0.25, -0.2) is 4.98 Å². The quantitative estimate of drug-likeness (QED) is 0.742. The zero-order valence-corrected chi connectivity index (χ0v) is 9.00. The number of aromatic nitrogens is 3. The summed E-state index contributed by atoms with van der Waals surface area (Å²) >= 11 is 0. The van der Waals surface area contributed by atoms with Crippen LogP contribution >= 0.6 is 0 Å². The molecule has 2 rings (SSSR count). The van der Waals surface area contributed by atoms with Crippen LogP contribution in [-0.2, 0) is 6.54 Å². The Labute approximate surface area is 94.3 Å². The molecule has 84 valence electrons. The molecular weight excluding hydrogens is 202 g/mol. The van der Waals surface area contributed by atoms with Gasteiger partial charge in [-0.2, -0.15) is 5.10 Å². The summed E-state index contributed by atoms with van der Waals surface area (Å²) in [5.41, 5.74) is 6.49. The second-order valence-corrected chi connectivity index (χ2v) is 3.52. The van der Waals surface area contributed by atoms with E-state index in [4.69, 9.17) is 5.73 Å². The Kier molecular flexibility index (Phi) is 3.38. The number of pyridine rings is 1. The van der Waals surface area contributed by atoms with Crippen LogP contribution in [0.15, 0.2) is 36.8 Å². The Morgan fingerprint density at radius 3 is 3.00 bits per heavy atom. The van der Waals surface area contributed by atoms with Crippen LogP contribution in [0.5, 0.6) is 0 Å². The molecule has 0 aliphatic carbocycles. The Balaban J connectivity index is 1.70. The molecular formula is C11H15N5. The van der Waals surface area contributed by atoms with E-state index in [0.717, 1.165) is 25.2 Å². The molecule has 0 aromatic carbocycles. The number of nitrogens with two attached hydrogens (primary N) is 1. The van der Waals surface area contributed by atoms with Crippen molar-refractivity contribution in [3.8, 4) is 0 Å². The lowest BCUT2D eigenvalue weighted by atomic mass is 10.3. The standard InChI is InChI=1S/C11H15N5/c12-11-4-3-10(9-14-11)13-5-1-7-16-8-2-6-15-16/h2-4,6,8-9,13H,1,5,7H2,(H2,12,14). The maximum absolute atomic E-state index is 5.50. The Morgan fingerprint density at radius 2 is 2.31 bits per heavy atom. The van der Waals surface area contributed by atoms with Crippen molar-refractivity contribution in [3.63, 3.8) is 0 Å². The Morgan fingerprint density at radius 1 is 1.38 bits per heavy atom. The van der Waals surface area contributed by atoms with Crippen molar-refractivity contribution >= 4 is 11.5 Å². The molecule has 2 aromatic rings. The van der Waals surface area contributed by atoms with Gasteiger partial charge in [-0.15, -0.1) is 0 Å². The van der Waals surface area contributed by atoms with Crippen LogP contribution in [0, 0.1) is 0 Å². The maximum atomic E-state index is 5.50. The summed E-state index contributed by atoms with van der Waals surface area (Å²) in [5.74, 6) is 0.544. The molecule has 0 saturated carbocycles. The number of hydrogen-bond donors (Lipinski definition) is 2. The van der Waals surface area contributed by atoms with Crippen molar-refractivity contribution in [2.24, 2.45) is 0 Å². The van der Waals surface area contributed by atoms with Crippen LogP contribution in [0.25, 0.3) is 0 Å². The van der Waals surface area contributed by atoms with Crippen molar-refractivity contribution in [3.05, 3.63) is 36.8 Å². The molecule has 0 amide bonds. The third-order valence-electron chi connectivity index (χ3n) is 2.24. The van der Waals surface area contributed by atoms with Crippen LogP contribution in [-0.4, -0.2) is 21.3 Å². The van der Waals surface area contributed by atoms with Gasteiger partial charge in [-0.05, 0) is 24.6 Å². The molecule has 5 nitrogen and oxygen atoms in total. The highest BCUT2D eigenvalue weighted by molar-refractivity contribution is 5.45. The number of hydrogen-bond acceptors (Lipinski definition) is 4. The zero-order chi connectivity index (χ0) is 11.2. The number of aryl methyl sites for hydroxylation is 1. The fourth-order valence-corrected chi connectivity index (χ4v) is 1.42. The zero-order valence-electron chi connectivity index (χ0n) is 9.00. The molecule has 0 bridgehead atoms. The lowest BCUT2D eigenvalue weighted by molar-refractivity contribution is 0.592. The highest BCUT2D eigenvalue weighted by Crippen LogP contribution is 2.06. The maximum Gasteiger partial charge on any atom is 0.123 e. The minimum Gasteiger partial charge on any atom is -0.384 e. The van der Waals surface area contributed by atoms with Crippen molar-refractivity contribution in [2.45, 2.75) is 13.0 Å². The van der Waals surface area contributed by atoms with Gasteiger partial charge in [-0.1, -0.05) is 0 Å². The summed E-state index contributed by atoms with van der Waals surface area (Å²) in [6.07, 6.45) is 6.51. The fourth-order valence-electron chi connectivity index (χ4n) is 1.42. The molecule has 0 saturated heterocycles. The smallest absolute Gasteiger partial charge is 0.123 e. The van der Waals surface area contributed by atoms with Crippen molar-refractivity contribution in [1.29, 1.82) is 0 Å². The van der Waals surface area contributed by atoms with Crippen molar-refractivity contribution in [1.82, 2.24) is 14.8 Å². The van der Waals surface area contributed by atoms with Gasteiger partial charge in [0.1, 0.15) is 5.82 Å². The molecule has 0 radical (unpaired) electrons. The topological polar surface area (TPSA) is 68.8 Å². The van der Waals surface area contributed by atoms with E-state index in [1.807, 2.05) is 23.0 Å². The average Bonchev–Trinajstić information content (AvgIpc) is 2.80. The predicted octanol–water partition coefficient (Wildman–Crippen LogP) is 1.36. The van der Waals surface area contributed by atoms with Gasteiger partial charge in [0.25, 0.3) is 0 Å². The number of rotatable bonds is 5. The van der Waals surface area contributed by atoms with Crippen LogP contribution in [0.2, 0.25) is 0 Å². The van der Waals surface area contributed by atoms with Gasteiger partial charge in [0, 0.05) is 25.5 Å². The fraction of sp³-hybridized carbons (Fsp3) is 0.273. The minimum absolute atomic E-state index is 0.544. The molecule has 0 aliphatic heterocycles. The van der Waals surface area contributed by atoms with E-state index in [1.54, 1.807) is 18.5 Å². The van der Waals surface area contributed by atoms with Crippen LogP contribution in [0.1, 0.15) is 6.42 Å². The Bertz CT molecular complexity index is 406. The van der Waals surface area contributed by atoms with Gasteiger partial charge < -0.3 is 11.1 Å². The first-order valence-electron chi connectivity index (χ1n) is 5.27. The highest BCUT2D eigenvalue weighted by Gasteiger charge is 1.93. The molecule has 0 aliphatic rings. The van der Waals surface area contributed by atoms with Gasteiger partial charge in [-0.3, -0.25) is 4.68 Å². The number of nitrogens with one attached hydrogen (secondary N) is 1.